The average molecular weight is 293 g/mol. The second-order valence-corrected chi connectivity index (χ2v) is 6.16. The van der Waals surface area contributed by atoms with Gasteiger partial charge >= 0.3 is 0 Å². The van der Waals surface area contributed by atoms with E-state index in [4.69, 9.17) is 4.74 Å². The van der Waals surface area contributed by atoms with E-state index in [0.29, 0.717) is 0 Å². The zero-order valence-electron chi connectivity index (χ0n) is 13.4. The number of hydrogen-bond acceptors (Lipinski definition) is 5. The van der Waals surface area contributed by atoms with Crippen LogP contribution in [0.15, 0.2) is 0 Å². The molecule has 0 saturated carbocycles. The van der Waals surface area contributed by atoms with Gasteiger partial charge in [0.1, 0.15) is 0 Å². The largest absolute Gasteiger partial charge is 0.481 e. The molecule has 3 rings (SSSR count). The Kier molecular flexibility index (Phi) is 4.47. The Labute approximate surface area is 127 Å². The van der Waals surface area contributed by atoms with Gasteiger partial charge in [0.2, 0.25) is 5.88 Å². The van der Waals surface area contributed by atoms with Crippen LogP contribution >= 0.6 is 0 Å². The van der Waals surface area contributed by atoms with Gasteiger partial charge in [0.15, 0.2) is 0 Å². The topological polar surface area (TPSA) is 45.6 Å². The third kappa shape index (κ3) is 3.07. The van der Waals surface area contributed by atoms with Crippen molar-refractivity contribution >= 4 is 0 Å². The molecule has 0 aromatic carbocycles. The molecular formula is C15H27N5O. The molecule has 0 bridgehead atoms. The Morgan fingerprint density at radius 3 is 2.76 bits per heavy atom. The van der Waals surface area contributed by atoms with Crippen LogP contribution in [0.1, 0.15) is 17.7 Å². The van der Waals surface area contributed by atoms with Crippen molar-refractivity contribution in [2.45, 2.75) is 25.9 Å². The molecule has 2 fully saturated rings. The molecule has 6 heteroatoms. The molecule has 0 aliphatic carbocycles. The lowest BCUT2D eigenvalue weighted by Gasteiger charge is -2.32. The van der Waals surface area contributed by atoms with Gasteiger partial charge in [-0.25, -0.2) is 4.68 Å². The number of aromatic nitrogens is 2. The van der Waals surface area contributed by atoms with E-state index in [1.807, 2.05) is 11.7 Å². The van der Waals surface area contributed by atoms with Gasteiger partial charge in [-0.2, -0.15) is 5.10 Å². The Morgan fingerprint density at radius 1 is 1.29 bits per heavy atom. The van der Waals surface area contributed by atoms with Crippen LogP contribution in [0.4, 0.5) is 0 Å². The maximum absolute atomic E-state index is 5.51. The monoisotopic (exact) mass is 293 g/mol. The van der Waals surface area contributed by atoms with Crippen molar-refractivity contribution < 1.29 is 4.74 Å². The predicted octanol–water partition coefficient (Wildman–Crippen LogP) is 0.217. The fraction of sp³-hybridized carbons (Fsp3) is 0.800. The van der Waals surface area contributed by atoms with E-state index in [1.165, 1.54) is 31.6 Å². The van der Waals surface area contributed by atoms with Gasteiger partial charge in [-0.15, -0.1) is 0 Å². The third-order valence-corrected chi connectivity index (χ3v) is 4.78. The highest BCUT2D eigenvalue weighted by molar-refractivity contribution is 5.30. The van der Waals surface area contributed by atoms with Crippen molar-refractivity contribution in [3.63, 3.8) is 0 Å². The molecule has 0 amide bonds. The number of nitrogens with zero attached hydrogens (tertiary/aromatic N) is 4. The molecule has 1 aromatic rings. The van der Waals surface area contributed by atoms with Gasteiger partial charge < -0.3 is 10.1 Å². The van der Waals surface area contributed by atoms with Crippen LogP contribution in [0.2, 0.25) is 0 Å². The molecule has 1 N–H and O–H groups in total. The second kappa shape index (κ2) is 6.34. The summed E-state index contributed by atoms with van der Waals surface area (Å²) in [7, 11) is 3.68. The number of aryl methyl sites for hydroxylation is 2. The number of piperazine rings is 1. The molecule has 2 aliphatic heterocycles. The number of methoxy groups -OCH3 is 1. The molecule has 0 radical (unpaired) electrons. The molecule has 118 valence electrons. The van der Waals surface area contributed by atoms with Crippen LogP contribution in [-0.2, 0) is 13.6 Å². The van der Waals surface area contributed by atoms with Gasteiger partial charge in [0, 0.05) is 58.9 Å². The summed E-state index contributed by atoms with van der Waals surface area (Å²) >= 11 is 0. The molecule has 1 unspecified atom stereocenters. The first-order valence-electron chi connectivity index (χ1n) is 7.92. The van der Waals surface area contributed by atoms with Crippen molar-refractivity contribution in [2.24, 2.45) is 7.05 Å². The Bertz CT molecular complexity index is 481. The average Bonchev–Trinajstić information content (AvgIpc) is 3.06. The Balaban J connectivity index is 1.62. The van der Waals surface area contributed by atoms with Gasteiger partial charge in [-0.05, 0) is 13.3 Å². The molecule has 2 saturated heterocycles. The van der Waals surface area contributed by atoms with Crippen molar-refractivity contribution in [1.29, 1.82) is 0 Å². The summed E-state index contributed by atoms with van der Waals surface area (Å²) in [6.07, 6.45) is 1.28. The van der Waals surface area contributed by atoms with Crippen LogP contribution in [0.3, 0.4) is 0 Å². The highest BCUT2D eigenvalue weighted by Crippen LogP contribution is 2.25. The number of ether oxygens (including phenoxy) is 1. The summed E-state index contributed by atoms with van der Waals surface area (Å²) in [5, 5.41) is 7.91. The maximum atomic E-state index is 5.51. The highest BCUT2D eigenvalue weighted by Gasteiger charge is 2.29. The normalized spacial score (nSPS) is 24.6. The van der Waals surface area contributed by atoms with E-state index in [-0.39, 0.29) is 0 Å². The third-order valence-electron chi connectivity index (χ3n) is 4.78. The molecule has 3 heterocycles. The molecule has 1 atom stereocenters. The zero-order valence-corrected chi connectivity index (χ0v) is 13.4. The summed E-state index contributed by atoms with van der Waals surface area (Å²) in [6.45, 7) is 10.00. The molecule has 1 aromatic heterocycles. The van der Waals surface area contributed by atoms with Crippen LogP contribution in [0.5, 0.6) is 5.88 Å². The van der Waals surface area contributed by atoms with Crippen LogP contribution in [0.25, 0.3) is 0 Å². The number of rotatable bonds is 4. The molecule has 0 spiro atoms. The first-order valence-corrected chi connectivity index (χ1v) is 7.92. The van der Waals surface area contributed by atoms with Crippen molar-refractivity contribution in [2.75, 3.05) is 46.4 Å². The SMILES string of the molecule is COc1c(CN2CCC(N3CCNCC3)C2)c(C)nn1C. The number of likely N-dealkylation sites (tertiary alicyclic amines) is 1. The van der Waals surface area contributed by atoms with E-state index in [0.717, 1.165) is 43.8 Å². The summed E-state index contributed by atoms with van der Waals surface area (Å²) in [5.74, 6) is 0.901. The lowest BCUT2D eigenvalue weighted by Crippen LogP contribution is -2.49. The van der Waals surface area contributed by atoms with Gasteiger partial charge in [-0.3, -0.25) is 9.80 Å². The fourth-order valence-corrected chi connectivity index (χ4v) is 3.64. The van der Waals surface area contributed by atoms with E-state index in [1.54, 1.807) is 7.11 Å². The van der Waals surface area contributed by atoms with Gasteiger partial charge in [0.05, 0.1) is 18.4 Å². The van der Waals surface area contributed by atoms with Crippen molar-refractivity contribution in [1.82, 2.24) is 24.9 Å². The first kappa shape index (κ1) is 14.8. The van der Waals surface area contributed by atoms with E-state index in [2.05, 4.69) is 27.1 Å². The first-order chi connectivity index (χ1) is 10.2. The number of nitrogens with one attached hydrogen (secondary N) is 1. The van der Waals surface area contributed by atoms with E-state index < -0.39 is 0 Å². The lowest BCUT2D eigenvalue weighted by molar-refractivity contribution is 0.170. The van der Waals surface area contributed by atoms with E-state index >= 15 is 0 Å². The van der Waals surface area contributed by atoms with Crippen molar-refractivity contribution in [3.05, 3.63) is 11.3 Å². The molecule has 2 aliphatic rings. The fourth-order valence-electron chi connectivity index (χ4n) is 3.64. The maximum Gasteiger partial charge on any atom is 0.216 e. The van der Waals surface area contributed by atoms with Crippen LogP contribution in [0, 0.1) is 6.92 Å². The van der Waals surface area contributed by atoms with Crippen molar-refractivity contribution in [3.8, 4) is 5.88 Å². The van der Waals surface area contributed by atoms with Gasteiger partial charge in [0.25, 0.3) is 0 Å². The smallest absolute Gasteiger partial charge is 0.216 e. The lowest BCUT2D eigenvalue weighted by atomic mass is 10.2. The molecule has 21 heavy (non-hydrogen) atoms. The minimum atomic E-state index is 0.718. The Morgan fingerprint density at radius 2 is 2.05 bits per heavy atom. The summed E-state index contributed by atoms with van der Waals surface area (Å²) < 4.78 is 7.35. The number of hydrogen-bond donors (Lipinski definition) is 1. The summed E-state index contributed by atoms with van der Waals surface area (Å²) in [6, 6.07) is 0.718. The van der Waals surface area contributed by atoms with E-state index in [9.17, 15) is 0 Å². The standard InChI is InChI=1S/C15H27N5O/c1-12-14(15(21-3)18(2)17-12)11-19-7-4-13(10-19)20-8-5-16-6-9-20/h13,16H,4-11H2,1-3H3. The minimum absolute atomic E-state index is 0.718. The quantitative estimate of drug-likeness (QED) is 0.860. The van der Waals surface area contributed by atoms with Crippen LogP contribution < -0.4 is 10.1 Å². The summed E-state index contributed by atoms with van der Waals surface area (Å²) in [5.41, 5.74) is 2.32. The minimum Gasteiger partial charge on any atom is -0.481 e. The highest BCUT2D eigenvalue weighted by atomic mass is 16.5. The molecular weight excluding hydrogens is 266 g/mol. The van der Waals surface area contributed by atoms with Gasteiger partial charge in [-0.1, -0.05) is 0 Å². The zero-order chi connectivity index (χ0) is 14.8. The molecule has 6 nitrogen and oxygen atoms in total. The Hall–Kier alpha value is -1.11. The second-order valence-electron chi connectivity index (χ2n) is 6.16. The predicted molar refractivity (Wildman–Crippen MR) is 82.6 cm³/mol. The summed E-state index contributed by atoms with van der Waals surface area (Å²) in [4.78, 5) is 5.18. The van der Waals surface area contributed by atoms with Crippen LogP contribution in [-0.4, -0.2) is 72.0 Å².